The first-order chi connectivity index (χ1) is 26.6. The van der Waals surface area contributed by atoms with Gasteiger partial charge in [-0.05, 0) is 82.2 Å². The fourth-order valence-electron chi connectivity index (χ4n) is 8.09. The summed E-state index contributed by atoms with van der Waals surface area (Å²) < 4.78 is 0. The largest absolute Gasteiger partial charge is 0.310 e. The number of rotatable bonds is 9. The van der Waals surface area contributed by atoms with E-state index in [-0.39, 0.29) is 0 Å². The molecule has 8 aromatic rings. The van der Waals surface area contributed by atoms with E-state index in [0.29, 0.717) is 5.56 Å². The molecular formula is C50H51N3Si3. The van der Waals surface area contributed by atoms with E-state index in [1.165, 1.54) is 42.5 Å². The third-order valence-corrected chi connectivity index (χ3v) is 17.5. The summed E-state index contributed by atoms with van der Waals surface area (Å²) in [6.07, 6.45) is 0. The van der Waals surface area contributed by atoms with Crippen molar-refractivity contribution in [3.8, 4) is 6.07 Å². The van der Waals surface area contributed by atoms with Crippen molar-refractivity contribution in [1.82, 2.24) is 0 Å². The Morgan fingerprint density at radius 3 is 1.12 bits per heavy atom. The molecule has 0 saturated heterocycles. The van der Waals surface area contributed by atoms with E-state index >= 15 is 0 Å². The van der Waals surface area contributed by atoms with Crippen LogP contribution in [0.5, 0.6) is 0 Å². The Morgan fingerprint density at radius 2 is 0.732 bits per heavy atom. The third kappa shape index (κ3) is 6.74. The van der Waals surface area contributed by atoms with Gasteiger partial charge in [0.05, 0.1) is 46.8 Å². The summed E-state index contributed by atoms with van der Waals surface area (Å²) in [5.74, 6) is 0. The Kier molecular flexibility index (Phi) is 9.32. The van der Waals surface area contributed by atoms with Crippen LogP contribution in [0, 0.1) is 11.3 Å². The lowest BCUT2D eigenvalue weighted by molar-refractivity contribution is 1.28. The first kappa shape index (κ1) is 37.5. The third-order valence-electron chi connectivity index (χ3n) is 11.3. The second kappa shape index (κ2) is 13.9. The molecule has 0 aliphatic heterocycles. The molecule has 3 nitrogen and oxygen atoms in total. The summed E-state index contributed by atoms with van der Waals surface area (Å²) in [5.41, 5.74) is 7.09. The highest BCUT2D eigenvalue weighted by Crippen LogP contribution is 2.47. The predicted molar refractivity (Wildman–Crippen MR) is 253 cm³/mol. The van der Waals surface area contributed by atoms with Gasteiger partial charge >= 0.3 is 0 Å². The zero-order chi connectivity index (χ0) is 39.6. The molecular weight excluding hydrogens is 727 g/mol. The smallest absolute Gasteiger partial charge is 0.101 e. The lowest BCUT2D eigenvalue weighted by Crippen LogP contribution is -2.37. The molecule has 56 heavy (non-hydrogen) atoms. The van der Waals surface area contributed by atoms with Gasteiger partial charge < -0.3 is 9.80 Å². The molecule has 0 saturated carbocycles. The maximum absolute atomic E-state index is 10.4. The molecule has 8 rings (SSSR count). The van der Waals surface area contributed by atoms with E-state index in [1.54, 1.807) is 0 Å². The molecule has 0 N–H and O–H groups in total. The molecule has 8 aromatic carbocycles. The normalized spacial score (nSPS) is 12.4. The topological polar surface area (TPSA) is 30.3 Å². The highest BCUT2D eigenvalue weighted by atomic mass is 28.3. The Bertz CT molecular complexity index is 2690. The molecule has 0 unspecified atom stereocenters. The first-order valence-corrected chi connectivity index (χ1v) is 30.2. The summed E-state index contributed by atoms with van der Waals surface area (Å²) in [4.78, 5) is 4.73. The van der Waals surface area contributed by atoms with Crippen LogP contribution in [0.3, 0.4) is 0 Å². The van der Waals surface area contributed by atoms with Gasteiger partial charge in [0.15, 0.2) is 0 Å². The first-order valence-electron chi connectivity index (χ1n) is 19.7. The maximum Gasteiger partial charge on any atom is 0.101 e. The standard InChI is InChI=1S/C50H51N3Si3/c1-54(2,3)41-24-18-38(19-25-41)52(39-20-26-42(27-21-39)55(4,5)6)47-32-16-35-15-31-45-48(33-17-36-14-30-44(47)49(35)50(36)45)53(46-13-11-10-12-37(46)34-51)40-22-28-43(29-23-40)56(7,8)9/h10-33H,1-9H3. The minimum atomic E-state index is -1.51. The number of nitrogens with zero attached hydrogens (tertiary/aromatic N) is 3. The van der Waals surface area contributed by atoms with E-state index in [9.17, 15) is 5.26 Å². The van der Waals surface area contributed by atoms with Crippen LogP contribution in [0.15, 0.2) is 146 Å². The number of anilines is 6. The fourth-order valence-corrected chi connectivity index (χ4v) is 11.6. The van der Waals surface area contributed by atoms with Crippen molar-refractivity contribution in [3.63, 3.8) is 0 Å². The van der Waals surface area contributed by atoms with Crippen LogP contribution in [0.1, 0.15) is 5.56 Å². The van der Waals surface area contributed by atoms with Crippen molar-refractivity contribution in [2.75, 3.05) is 9.80 Å². The highest BCUT2D eigenvalue weighted by Gasteiger charge is 2.25. The summed E-state index contributed by atoms with van der Waals surface area (Å²) in [6.45, 7) is 21.6. The van der Waals surface area contributed by atoms with Gasteiger partial charge in [-0.2, -0.15) is 5.26 Å². The fraction of sp³-hybridized carbons (Fsp3) is 0.180. The van der Waals surface area contributed by atoms with E-state index < -0.39 is 24.2 Å². The minimum absolute atomic E-state index is 0.644. The average molecular weight is 778 g/mol. The molecule has 6 heteroatoms. The van der Waals surface area contributed by atoms with Crippen molar-refractivity contribution in [2.24, 2.45) is 0 Å². The number of hydrogen-bond donors (Lipinski definition) is 0. The molecule has 0 atom stereocenters. The van der Waals surface area contributed by atoms with Gasteiger partial charge in [-0.15, -0.1) is 0 Å². The van der Waals surface area contributed by atoms with Crippen molar-refractivity contribution in [3.05, 3.63) is 151 Å². The van der Waals surface area contributed by atoms with Crippen LogP contribution in [-0.4, -0.2) is 24.2 Å². The molecule has 0 radical (unpaired) electrons. The summed E-state index contributed by atoms with van der Waals surface area (Å²) in [5, 5.41) is 21.9. The molecule has 0 aliphatic rings. The van der Waals surface area contributed by atoms with Crippen molar-refractivity contribution >= 4 is 106 Å². The summed E-state index contributed by atoms with van der Waals surface area (Å²) >= 11 is 0. The van der Waals surface area contributed by atoms with Gasteiger partial charge in [-0.25, -0.2) is 0 Å². The van der Waals surface area contributed by atoms with Crippen LogP contribution in [0.2, 0.25) is 58.9 Å². The lowest BCUT2D eigenvalue weighted by atomic mass is 9.91. The molecule has 0 heterocycles. The Hall–Kier alpha value is -5.46. The zero-order valence-corrected chi connectivity index (χ0v) is 37.2. The Morgan fingerprint density at radius 1 is 0.375 bits per heavy atom. The van der Waals surface area contributed by atoms with Gasteiger partial charge in [0.2, 0.25) is 0 Å². The quantitative estimate of drug-likeness (QED) is 0.108. The Balaban J connectivity index is 1.37. The average Bonchev–Trinajstić information content (AvgIpc) is 3.18. The number of benzene rings is 8. The van der Waals surface area contributed by atoms with Crippen LogP contribution >= 0.6 is 0 Å². The van der Waals surface area contributed by atoms with Gasteiger partial charge in [0, 0.05) is 27.8 Å². The van der Waals surface area contributed by atoms with Crippen molar-refractivity contribution in [2.45, 2.75) is 58.9 Å². The van der Waals surface area contributed by atoms with E-state index in [4.69, 9.17) is 0 Å². The predicted octanol–water partition coefficient (Wildman–Crippen LogP) is 13.0. The van der Waals surface area contributed by atoms with Gasteiger partial charge in [-0.3, -0.25) is 0 Å². The molecule has 0 fully saturated rings. The van der Waals surface area contributed by atoms with Crippen LogP contribution in [-0.2, 0) is 0 Å². The summed E-state index contributed by atoms with van der Waals surface area (Å²) in [6, 6.07) is 56.4. The molecule has 0 aliphatic carbocycles. The molecule has 0 amide bonds. The maximum atomic E-state index is 10.4. The van der Waals surface area contributed by atoms with Gasteiger partial charge in [-0.1, -0.05) is 159 Å². The van der Waals surface area contributed by atoms with Crippen LogP contribution < -0.4 is 25.4 Å². The summed E-state index contributed by atoms with van der Waals surface area (Å²) in [7, 11) is -4.48. The van der Waals surface area contributed by atoms with Crippen LogP contribution in [0.25, 0.3) is 32.3 Å². The zero-order valence-electron chi connectivity index (χ0n) is 34.2. The number of nitriles is 1. The van der Waals surface area contributed by atoms with E-state index in [0.717, 1.165) is 39.5 Å². The van der Waals surface area contributed by atoms with Crippen molar-refractivity contribution < 1.29 is 0 Å². The number of para-hydroxylation sites is 1. The molecule has 278 valence electrons. The van der Waals surface area contributed by atoms with Gasteiger partial charge in [0.25, 0.3) is 0 Å². The molecule has 0 spiro atoms. The monoisotopic (exact) mass is 777 g/mol. The van der Waals surface area contributed by atoms with Crippen LogP contribution in [0.4, 0.5) is 34.1 Å². The second-order valence-electron chi connectivity index (χ2n) is 18.3. The molecule has 0 aromatic heterocycles. The number of hydrogen-bond acceptors (Lipinski definition) is 3. The second-order valence-corrected chi connectivity index (χ2v) is 33.5. The van der Waals surface area contributed by atoms with E-state index in [1.807, 2.05) is 18.2 Å². The Labute approximate surface area is 335 Å². The van der Waals surface area contributed by atoms with Gasteiger partial charge in [0.1, 0.15) is 6.07 Å². The van der Waals surface area contributed by atoms with Crippen molar-refractivity contribution in [1.29, 1.82) is 5.26 Å². The minimum Gasteiger partial charge on any atom is -0.310 e. The molecule has 0 bridgehead atoms. The van der Waals surface area contributed by atoms with E-state index in [2.05, 4.69) is 202 Å². The SMILES string of the molecule is C[Si](C)(C)c1ccc(N(c2ccc([Si](C)(C)C)cc2)c2ccc3ccc4c(N(c5ccc([Si](C)(C)C)cc5)c5ccccc5C#N)ccc5ccc2c3c54)cc1. The lowest BCUT2D eigenvalue weighted by Gasteiger charge is -2.30. The highest BCUT2D eigenvalue weighted by molar-refractivity contribution is 6.89.